The lowest BCUT2D eigenvalue weighted by Crippen LogP contribution is -2.04. The number of benzene rings is 1. The summed E-state index contributed by atoms with van der Waals surface area (Å²) in [5.41, 5.74) is -0.122. The molecule has 0 saturated heterocycles. The number of halogens is 1. The minimum atomic E-state index is -0.718. The monoisotopic (exact) mass is 250 g/mol. The van der Waals surface area contributed by atoms with Crippen LogP contribution in [0.1, 0.15) is 16.1 Å². The standard InChI is InChI=1S/C13H11FO4/c1-16-13(15)11-5-4-9(7-12(11)14)18-8-10-3-2-6-17-10/h2-7H,8H2,1H3. The van der Waals surface area contributed by atoms with Crippen molar-refractivity contribution in [3.8, 4) is 5.75 Å². The van der Waals surface area contributed by atoms with Gasteiger partial charge in [-0.3, -0.25) is 0 Å². The highest BCUT2D eigenvalue weighted by Crippen LogP contribution is 2.18. The number of methoxy groups -OCH3 is 1. The maximum absolute atomic E-state index is 13.5. The predicted molar refractivity (Wildman–Crippen MR) is 60.8 cm³/mol. The Kier molecular flexibility index (Phi) is 3.62. The van der Waals surface area contributed by atoms with Gasteiger partial charge in [0.25, 0.3) is 0 Å². The summed E-state index contributed by atoms with van der Waals surface area (Å²) < 4.78 is 28.4. The molecule has 0 saturated carbocycles. The number of carbonyl (C=O) groups excluding carboxylic acids is 1. The molecule has 0 amide bonds. The van der Waals surface area contributed by atoms with E-state index in [4.69, 9.17) is 9.15 Å². The van der Waals surface area contributed by atoms with Crippen molar-refractivity contribution in [1.29, 1.82) is 0 Å². The van der Waals surface area contributed by atoms with Gasteiger partial charge in [-0.2, -0.15) is 0 Å². The van der Waals surface area contributed by atoms with Crippen molar-refractivity contribution in [3.63, 3.8) is 0 Å². The summed E-state index contributed by atoms with van der Waals surface area (Å²) in [4.78, 5) is 11.2. The van der Waals surface area contributed by atoms with Crippen molar-refractivity contribution in [2.45, 2.75) is 6.61 Å². The molecule has 2 aromatic rings. The fraction of sp³-hybridized carbons (Fsp3) is 0.154. The molecule has 0 fully saturated rings. The molecule has 0 radical (unpaired) electrons. The van der Waals surface area contributed by atoms with Crippen LogP contribution in [0.4, 0.5) is 4.39 Å². The third kappa shape index (κ3) is 2.68. The molecular formula is C13H11FO4. The fourth-order valence-corrected chi connectivity index (χ4v) is 1.41. The number of carbonyl (C=O) groups is 1. The molecular weight excluding hydrogens is 239 g/mol. The SMILES string of the molecule is COC(=O)c1ccc(OCc2ccco2)cc1F. The van der Waals surface area contributed by atoms with Crippen molar-refractivity contribution in [1.82, 2.24) is 0 Å². The van der Waals surface area contributed by atoms with E-state index in [1.54, 1.807) is 12.1 Å². The third-order valence-electron chi connectivity index (χ3n) is 2.31. The lowest BCUT2D eigenvalue weighted by molar-refractivity contribution is 0.0595. The Balaban J connectivity index is 2.07. The first-order valence-corrected chi connectivity index (χ1v) is 5.24. The van der Waals surface area contributed by atoms with Gasteiger partial charge in [0.15, 0.2) is 0 Å². The van der Waals surface area contributed by atoms with E-state index in [1.807, 2.05) is 0 Å². The molecule has 0 unspecified atom stereocenters. The van der Waals surface area contributed by atoms with Gasteiger partial charge < -0.3 is 13.9 Å². The second kappa shape index (κ2) is 5.35. The third-order valence-corrected chi connectivity index (χ3v) is 2.31. The average Bonchev–Trinajstić information content (AvgIpc) is 2.88. The van der Waals surface area contributed by atoms with Crippen molar-refractivity contribution < 1.29 is 23.1 Å². The van der Waals surface area contributed by atoms with Gasteiger partial charge in [0, 0.05) is 6.07 Å². The van der Waals surface area contributed by atoms with Crippen LogP contribution in [-0.4, -0.2) is 13.1 Å². The summed E-state index contributed by atoms with van der Waals surface area (Å²) in [6.45, 7) is 0.198. The number of furan rings is 1. The van der Waals surface area contributed by atoms with Crippen LogP contribution in [0.3, 0.4) is 0 Å². The quantitative estimate of drug-likeness (QED) is 0.783. The molecule has 0 aliphatic rings. The first-order chi connectivity index (χ1) is 8.70. The molecule has 0 bridgehead atoms. The van der Waals surface area contributed by atoms with Gasteiger partial charge in [-0.15, -0.1) is 0 Å². The second-order valence-corrected chi connectivity index (χ2v) is 3.50. The summed E-state index contributed by atoms with van der Waals surface area (Å²) in [6.07, 6.45) is 1.53. The second-order valence-electron chi connectivity index (χ2n) is 3.50. The summed E-state index contributed by atoms with van der Waals surface area (Å²) in [5, 5.41) is 0. The van der Waals surface area contributed by atoms with E-state index in [2.05, 4.69) is 4.74 Å². The molecule has 1 aromatic heterocycles. The van der Waals surface area contributed by atoms with Crippen molar-refractivity contribution >= 4 is 5.97 Å². The number of esters is 1. The van der Waals surface area contributed by atoms with Crippen molar-refractivity contribution in [2.75, 3.05) is 7.11 Å². The van der Waals surface area contributed by atoms with E-state index in [9.17, 15) is 9.18 Å². The summed E-state index contributed by atoms with van der Waals surface area (Å²) in [7, 11) is 1.20. The molecule has 0 aliphatic heterocycles. The van der Waals surface area contributed by atoms with Crippen LogP contribution in [0.25, 0.3) is 0 Å². The van der Waals surface area contributed by atoms with Crippen LogP contribution in [0.15, 0.2) is 41.0 Å². The van der Waals surface area contributed by atoms with Gasteiger partial charge in [-0.25, -0.2) is 9.18 Å². The normalized spacial score (nSPS) is 10.1. The zero-order chi connectivity index (χ0) is 13.0. The molecule has 4 nitrogen and oxygen atoms in total. The van der Waals surface area contributed by atoms with Gasteiger partial charge in [0.05, 0.1) is 18.9 Å². The molecule has 0 spiro atoms. The Labute approximate surface area is 103 Å². The Morgan fingerprint density at radius 2 is 2.22 bits per heavy atom. The van der Waals surface area contributed by atoms with Crippen molar-refractivity contribution in [2.24, 2.45) is 0 Å². The molecule has 1 heterocycles. The molecule has 1 aromatic carbocycles. The first-order valence-electron chi connectivity index (χ1n) is 5.24. The Morgan fingerprint density at radius 1 is 1.39 bits per heavy atom. The largest absolute Gasteiger partial charge is 0.486 e. The van der Waals surface area contributed by atoms with Gasteiger partial charge >= 0.3 is 5.97 Å². The Bertz CT molecular complexity index is 534. The molecule has 0 aliphatic carbocycles. The maximum atomic E-state index is 13.5. The first kappa shape index (κ1) is 12.2. The zero-order valence-corrected chi connectivity index (χ0v) is 9.68. The van der Waals surface area contributed by atoms with Crippen LogP contribution in [-0.2, 0) is 11.3 Å². The highest BCUT2D eigenvalue weighted by molar-refractivity contribution is 5.89. The van der Waals surface area contributed by atoms with Gasteiger partial charge in [-0.05, 0) is 24.3 Å². The Hall–Kier alpha value is -2.30. The van der Waals surface area contributed by atoms with E-state index < -0.39 is 11.8 Å². The zero-order valence-electron chi connectivity index (χ0n) is 9.68. The van der Waals surface area contributed by atoms with E-state index in [0.29, 0.717) is 11.5 Å². The van der Waals surface area contributed by atoms with E-state index in [1.165, 1.54) is 25.5 Å². The molecule has 5 heteroatoms. The number of hydrogen-bond acceptors (Lipinski definition) is 4. The lowest BCUT2D eigenvalue weighted by atomic mass is 10.2. The topological polar surface area (TPSA) is 48.7 Å². The van der Waals surface area contributed by atoms with Crippen LogP contribution >= 0.6 is 0 Å². The van der Waals surface area contributed by atoms with E-state index in [-0.39, 0.29) is 12.2 Å². The van der Waals surface area contributed by atoms with Gasteiger partial charge in [0.1, 0.15) is 23.9 Å². The van der Waals surface area contributed by atoms with Gasteiger partial charge in [-0.1, -0.05) is 0 Å². The predicted octanol–water partition coefficient (Wildman–Crippen LogP) is 2.78. The molecule has 18 heavy (non-hydrogen) atoms. The summed E-state index contributed by atoms with van der Waals surface area (Å²) in [6, 6.07) is 7.44. The minimum Gasteiger partial charge on any atom is -0.486 e. The van der Waals surface area contributed by atoms with Crippen LogP contribution in [0.2, 0.25) is 0 Å². The maximum Gasteiger partial charge on any atom is 0.340 e. The van der Waals surface area contributed by atoms with Gasteiger partial charge in [0.2, 0.25) is 0 Å². The number of hydrogen-bond donors (Lipinski definition) is 0. The smallest absolute Gasteiger partial charge is 0.340 e. The highest BCUT2D eigenvalue weighted by atomic mass is 19.1. The molecule has 94 valence electrons. The molecule has 2 rings (SSSR count). The number of rotatable bonds is 4. The lowest BCUT2D eigenvalue weighted by Gasteiger charge is -2.06. The molecule has 0 N–H and O–H groups in total. The van der Waals surface area contributed by atoms with Crippen LogP contribution in [0.5, 0.6) is 5.75 Å². The van der Waals surface area contributed by atoms with E-state index >= 15 is 0 Å². The highest BCUT2D eigenvalue weighted by Gasteiger charge is 2.12. The fourth-order valence-electron chi connectivity index (χ4n) is 1.41. The van der Waals surface area contributed by atoms with Crippen molar-refractivity contribution in [3.05, 3.63) is 53.7 Å². The van der Waals surface area contributed by atoms with Crippen LogP contribution in [0, 0.1) is 5.82 Å². The summed E-state index contributed by atoms with van der Waals surface area (Å²) >= 11 is 0. The summed E-state index contributed by atoms with van der Waals surface area (Å²) in [5.74, 6) is -0.451. The molecule has 0 atom stereocenters. The van der Waals surface area contributed by atoms with Crippen LogP contribution < -0.4 is 4.74 Å². The average molecular weight is 250 g/mol. The minimum absolute atomic E-state index is 0.122. The Morgan fingerprint density at radius 3 is 2.83 bits per heavy atom. The van der Waals surface area contributed by atoms with E-state index in [0.717, 1.165) is 6.07 Å². The number of ether oxygens (including phenoxy) is 2.